The van der Waals surface area contributed by atoms with Crippen molar-refractivity contribution in [3.05, 3.63) is 52.6 Å². The van der Waals surface area contributed by atoms with E-state index >= 15 is 0 Å². The lowest BCUT2D eigenvalue weighted by atomic mass is 10.1. The number of rotatable bonds is 1. The van der Waals surface area contributed by atoms with Crippen LogP contribution in [0.25, 0.3) is 11.3 Å². The highest BCUT2D eigenvalue weighted by Crippen LogP contribution is 2.23. The topological polar surface area (TPSA) is 34.9 Å². The summed E-state index contributed by atoms with van der Waals surface area (Å²) in [4.78, 5) is 16.6. The van der Waals surface area contributed by atoms with Gasteiger partial charge in [0.1, 0.15) is 5.82 Å². The van der Waals surface area contributed by atoms with Crippen LogP contribution >= 0.6 is 0 Å². The lowest BCUT2D eigenvalue weighted by molar-refractivity contribution is 0.560. The Morgan fingerprint density at radius 1 is 0.920 bits per heavy atom. The highest BCUT2D eigenvalue weighted by molar-refractivity contribution is 5.58. The Morgan fingerprint density at radius 3 is 1.96 bits per heavy atom. The highest BCUT2D eigenvalue weighted by Gasteiger charge is 2.21. The molecule has 0 spiro atoms. The number of nitrogens with zero attached hydrogens (tertiary/aromatic N) is 2. The molecular formula is C22H38N2O. The summed E-state index contributed by atoms with van der Waals surface area (Å²) in [5, 5.41) is 0. The van der Waals surface area contributed by atoms with E-state index in [2.05, 4.69) is 11.9 Å². The third-order valence-corrected chi connectivity index (χ3v) is 3.32. The van der Waals surface area contributed by atoms with Crippen molar-refractivity contribution < 1.29 is 0 Å². The van der Waals surface area contributed by atoms with Crippen molar-refractivity contribution in [1.82, 2.24) is 9.55 Å². The molecule has 0 saturated heterocycles. The monoisotopic (exact) mass is 346 g/mol. The van der Waals surface area contributed by atoms with Crippen LogP contribution in [0, 0.1) is 0 Å². The number of benzene rings is 1. The molecule has 1 aliphatic rings. The molecule has 0 aliphatic carbocycles. The summed E-state index contributed by atoms with van der Waals surface area (Å²) in [5.74, 6) is 0.920. The first-order valence-electron chi connectivity index (χ1n) is 9.93. The summed E-state index contributed by atoms with van der Waals surface area (Å²) in [6, 6.07) is 11.8. The van der Waals surface area contributed by atoms with Gasteiger partial charge in [-0.15, -0.1) is 0 Å². The molecule has 3 nitrogen and oxygen atoms in total. The molecule has 0 bridgehead atoms. The first kappa shape index (κ1) is 25.3. The summed E-state index contributed by atoms with van der Waals surface area (Å²) < 4.78 is 1.81. The van der Waals surface area contributed by atoms with Gasteiger partial charge in [-0.1, -0.05) is 85.7 Å². The van der Waals surface area contributed by atoms with E-state index < -0.39 is 0 Å². The van der Waals surface area contributed by atoms with Crippen molar-refractivity contribution in [3.63, 3.8) is 0 Å². The Labute approximate surface area is 155 Å². The van der Waals surface area contributed by atoms with Gasteiger partial charge in [0.15, 0.2) is 0 Å². The molecule has 1 aromatic carbocycles. The minimum absolute atomic E-state index is 0.0684. The quantitative estimate of drug-likeness (QED) is 0.589. The van der Waals surface area contributed by atoms with Gasteiger partial charge in [-0.05, 0) is 13.3 Å². The van der Waals surface area contributed by atoms with Crippen molar-refractivity contribution in [3.8, 4) is 11.3 Å². The van der Waals surface area contributed by atoms with Crippen LogP contribution in [-0.2, 0) is 6.42 Å². The van der Waals surface area contributed by atoms with Crippen LogP contribution in [0.1, 0.15) is 80.6 Å². The molecule has 1 atom stereocenters. The lowest BCUT2D eigenvalue weighted by Crippen LogP contribution is -2.22. The van der Waals surface area contributed by atoms with Crippen LogP contribution in [-0.4, -0.2) is 9.55 Å². The van der Waals surface area contributed by atoms with E-state index in [1.54, 1.807) is 6.07 Å². The van der Waals surface area contributed by atoms with Gasteiger partial charge >= 0.3 is 0 Å². The molecular weight excluding hydrogens is 308 g/mol. The molecule has 3 heteroatoms. The molecule has 1 aliphatic heterocycles. The molecule has 0 amide bonds. The van der Waals surface area contributed by atoms with Crippen LogP contribution in [0.2, 0.25) is 0 Å². The maximum absolute atomic E-state index is 12.0. The number of hydrogen-bond acceptors (Lipinski definition) is 2. The Balaban J connectivity index is 0. The van der Waals surface area contributed by atoms with E-state index in [1.807, 2.05) is 90.3 Å². The van der Waals surface area contributed by atoms with Gasteiger partial charge in [-0.3, -0.25) is 9.36 Å². The van der Waals surface area contributed by atoms with E-state index in [4.69, 9.17) is 0 Å². The van der Waals surface area contributed by atoms with Crippen molar-refractivity contribution in [2.45, 2.75) is 81.2 Å². The predicted molar refractivity (Wildman–Crippen MR) is 112 cm³/mol. The van der Waals surface area contributed by atoms with E-state index in [0.717, 1.165) is 29.9 Å². The Morgan fingerprint density at radius 2 is 1.44 bits per heavy atom. The first-order chi connectivity index (χ1) is 12.3. The van der Waals surface area contributed by atoms with Gasteiger partial charge in [0.05, 0.1) is 5.69 Å². The minimum Gasteiger partial charge on any atom is -0.294 e. The van der Waals surface area contributed by atoms with Crippen LogP contribution in [0.15, 0.2) is 41.2 Å². The minimum atomic E-state index is 0.0684. The molecule has 142 valence electrons. The maximum atomic E-state index is 12.0. The SMILES string of the molecule is CC.CC.CC.CC.CC1CCc2nc(-c3ccccc3)cc(=O)n21. The van der Waals surface area contributed by atoms with Gasteiger partial charge in [0, 0.05) is 24.1 Å². The molecule has 2 aromatic rings. The average Bonchev–Trinajstić information content (AvgIpc) is 3.10. The molecule has 2 heterocycles. The van der Waals surface area contributed by atoms with Gasteiger partial charge in [0.2, 0.25) is 0 Å². The van der Waals surface area contributed by atoms with Gasteiger partial charge in [0.25, 0.3) is 5.56 Å². The van der Waals surface area contributed by atoms with Crippen LogP contribution in [0.5, 0.6) is 0 Å². The second-order valence-corrected chi connectivity index (χ2v) is 4.52. The Hall–Kier alpha value is -1.90. The molecule has 3 rings (SSSR count). The molecule has 25 heavy (non-hydrogen) atoms. The van der Waals surface area contributed by atoms with Crippen LogP contribution in [0.3, 0.4) is 0 Å². The molecule has 0 saturated carbocycles. The number of aromatic nitrogens is 2. The second-order valence-electron chi connectivity index (χ2n) is 4.52. The molecule has 0 radical (unpaired) electrons. The van der Waals surface area contributed by atoms with E-state index in [1.165, 1.54) is 0 Å². The van der Waals surface area contributed by atoms with Gasteiger partial charge < -0.3 is 0 Å². The summed E-state index contributed by atoms with van der Waals surface area (Å²) >= 11 is 0. The Bertz CT molecular complexity index is 603. The van der Waals surface area contributed by atoms with E-state index in [9.17, 15) is 4.79 Å². The number of fused-ring (bicyclic) bond motifs is 1. The fourth-order valence-corrected chi connectivity index (χ4v) is 2.41. The zero-order chi connectivity index (χ0) is 19.8. The van der Waals surface area contributed by atoms with Crippen LogP contribution in [0.4, 0.5) is 0 Å². The van der Waals surface area contributed by atoms with Crippen molar-refractivity contribution >= 4 is 0 Å². The zero-order valence-electron chi connectivity index (χ0n) is 17.8. The van der Waals surface area contributed by atoms with Crippen LogP contribution < -0.4 is 5.56 Å². The maximum Gasteiger partial charge on any atom is 0.254 e. The van der Waals surface area contributed by atoms with Crippen molar-refractivity contribution in [2.75, 3.05) is 0 Å². The fraction of sp³-hybridized carbons (Fsp3) is 0.545. The normalized spacial score (nSPS) is 13.2. The van der Waals surface area contributed by atoms with Crippen molar-refractivity contribution in [1.29, 1.82) is 0 Å². The summed E-state index contributed by atoms with van der Waals surface area (Å²) in [7, 11) is 0. The van der Waals surface area contributed by atoms with Gasteiger partial charge in [-0.25, -0.2) is 4.98 Å². The summed E-state index contributed by atoms with van der Waals surface area (Å²) in [5.41, 5.74) is 1.86. The first-order valence-corrected chi connectivity index (χ1v) is 9.93. The third-order valence-electron chi connectivity index (χ3n) is 3.32. The standard InChI is InChI=1S/C14H14N2O.4C2H6/c1-10-7-8-13-15-12(9-14(17)16(10)13)11-5-3-2-4-6-11;4*1-2/h2-6,9-10H,7-8H2,1H3;4*1-2H3. The third kappa shape index (κ3) is 7.25. The summed E-state index contributed by atoms with van der Waals surface area (Å²) in [6.45, 7) is 18.1. The smallest absolute Gasteiger partial charge is 0.254 e. The van der Waals surface area contributed by atoms with E-state index in [0.29, 0.717) is 0 Å². The number of hydrogen-bond donors (Lipinski definition) is 0. The molecule has 0 N–H and O–H groups in total. The Kier molecular flexibility index (Phi) is 15.8. The predicted octanol–water partition coefficient (Wildman–Crippen LogP) is 6.52. The highest BCUT2D eigenvalue weighted by atomic mass is 16.1. The summed E-state index contributed by atoms with van der Waals surface area (Å²) in [6.07, 6.45) is 1.91. The lowest BCUT2D eigenvalue weighted by Gasteiger charge is -2.09. The largest absolute Gasteiger partial charge is 0.294 e. The molecule has 1 aromatic heterocycles. The van der Waals surface area contributed by atoms with Crippen molar-refractivity contribution in [2.24, 2.45) is 0 Å². The average molecular weight is 347 g/mol. The fourth-order valence-electron chi connectivity index (χ4n) is 2.41. The van der Waals surface area contributed by atoms with E-state index in [-0.39, 0.29) is 11.6 Å². The number of aryl methyl sites for hydroxylation is 1. The molecule has 0 fully saturated rings. The zero-order valence-corrected chi connectivity index (χ0v) is 17.8. The molecule has 1 unspecified atom stereocenters. The second kappa shape index (κ2) is 15.6. The van der Waals surface area contributed by atoms with Gasteiger partial charge in [-0.2, -0.15) is 0 Å².